The lowest BCUT2D eigenvalue weighted by atomic mass is 10.1. The maximum atomic E-state index is 12.4. The van der Waals surface area contributed by atoms with Crippen molar-refractivity contribution < 1.29 is 19.1 Å². The predicted molar refractivity (Wildman–Crippen MR) is 119 cm³/mol. The summed E-state index contributed by atoms with van der Waals surface area (Å²) in [4.78, 5) is 26.1. The van der Waals surface area contributed by atoms with Crippen LogP contribution in [0.1, 0.15) is 24.5 Å². The van der Waals surface area contributed by atoms with E-state index in [1.165, 1.54) is 8.47 Å². The van der Waals surface area contributed by atoms with Crippen LogP contribution < -0.4 is 9.47 Å². The molecule has 1 saturated heterocycles. The molecule has 1 fully saturated rings. The molecular formula is C21H20INO4S. The summed E-state index contributed by atoms with van der Waals surface area (Å²) in [6, 6.07) is 13.6. The van der Waals surface area contributed by atoms with E-state index in [1.807, 2.05) is 43.3 Å². The van der Waals surface area contributed by atoms with E-state index in [-0.39, 0.29) is 11.1 Å². The molecule has 28 heavy (non-hydrogen) atoms. The van der Waals surface area contributed by atoms with E-state index in [9.17, 15) is 9.59 Å². The van der Waals surface area contributed by atoms with E-state index in [0.29, 0.717) is 29.6 Å². The molecular weight excluding hydrogens is 489 g/mol. The van der Waals surface area contributed by atoms with Crippen LogP contribution in [0.25, 0.3) is 6.08 Å². The van der Waals surface area contributed by atoms with Gasteiger partial charge in [0.15, 0.2) is 11.5 Å². The highest BCUT2D eigenvalue weighted by Gasteiger charge is 2.34. The van der Waals surface area contributed by atoms with E-state index >= 15 is 0 Å². The topological polar surface area (TPSA) is 55.8 Å². The van der Waals surface area contributed by atoms with E-state index < -0.39 is 0 Å². The van der Waals surface area contributed by atoms with Gasteiger partial charge >= 0.3 is 0 Å². The van der Waals surface area contributed by atoms with Crippen LogP contribution in [-0.2, 0) is 11.4 Å². The molecule has 7 heteroatoms. The van der Waals surface area contributed by atoms with Crippen LogP contribution in [0.15, 0.2) is 47.4 Å². The van der Waals surface area contributed by atoms with Gasteiger partial charge in [0.1, 0.15) is 6.61 Å². The molecule has 0 atom stereocenters. The molecule has 0 saturated carbocycles. The summed E-state index contributed by atoms with van der Waals surface area (Å²) in [6.07, 6.45) is 2.46. The molecule has 2 aromatic carbocycles. The summed E-state index contributed by atoms with van der Waals surface area (Å²) in [6.45, 7) is 2.81. The third kappa shape index (κ3) is 4.88. The largest absolute Gasteiger partial charge is 0.493 e. The Hall–Kier alpha value is -2.00. The van der Waals surface area contributed by atoms with Gasteiger partial charge in [0, 0.05) is 10.1 Å². The molecule has 2 aromatic rings. The summed E-state index contributed by atoms with van der Waals surface area (Å²) >= 11 is 3.23. The monoisotopic (exact) mass is 509 g/mol. The standard InChI is InChI=1S/C21H20INO4S/c1-3-10-23-20(24)19(28-21(23)25)12-15-6-9-17(18(11-15)26-2)27-13-14-4-7-16(22)8-5-14/h4-9,11-12H,3,10,13H2,1-2H3/b19-12+. The summed E-state index contributed by atoms with van der Waals surface area (Å²) < 4.78 is 12.5. The number of hydrogen-bond acceptors (Lipinski definition) is 5. The smallest absolute Gasteiger partial charge is 0.293 e. The lowest BCUT2D eigenvalue weighted by Gasteiger charge is -2.12. The fourth-order valence-electron chi connectivity index (χ4n) is 2.70. The highest BCUT2D eigenvalue weighted by Crippen LogP contribution is 2.34. The number of nitrogens with zero attached hydrogens (tertiary/aromatic N) is 1. The minimum atomic E-state index is -0.241. The number of imide groups is 1. The zero-order valence-corrected chi connectivity index (χ0v) is 18.6. The molecule has 0 aromatic heterocycles. The van der Waals surface area contributed by atoms with Crippen molar-refractivity contribution in [3.8, 4) is 11.5 Å². The Bertz CT molecular complexity index is 911. The number of carbonyl (C=O) groups is 2. The maximum Gasteiger partial charge on any atom is 0.293 e. The van der Waals surface area contributed by atoms with Gasteiger partial charge in [0.25, 0.3) is 11.1 Å². The Balaban J connectivity index is 1.75. The Morgan fingerprint density at radius 1 is 1.11 bits per heavy atom. The summed E-state index contributed by atoms with van der Waals surface area (Å²) in [5, 5.41) is -0.220. The highest BCUT2D eigenvalue weighted by atomic mass is 127. The van der Waals surface area contributed by atoms with Crippen LogP contribution in [0.2, 0.25) is 0 Å². The Kier molecular flexibility index (Phi) is 7.01. The molecule has 0 aliphatic carbocycles. The Morgan fingerprint density at radius 2 is 1.86 bits per heavy atom. The number of carbonyl (C=O) groups excluding carboxylic acids is 2. The number of halogens is 1. The Morgan fingerprint density at radius 3 is 2.54 bits per heavy atom. The summed E-state index contributed by atoms with van der Waals surface area (Å²) in [7, 11) is 1.58. The van der Waals surface area contributed by atoms with E-state index in [1.54, 1.807) is 19.3 Å². The van der Waals surface area contributed by atoms with Gasteiger partial charge in [-0.1, -0.05) is 25.1 Å². The molecule has 5 nitrogen and oxygen atoms in total. The number of thioether (sulfide) groups is 1. The van der Waals surface area contributed by atoms with Crippen LogP contribution in [0, 0.1) is 3.57 Å². The molecule has 2 amide bonds. The van der Waals surface area contributed by atoms with Crippen LogP contribution in [0.4, 0.5) is 4.79 Å². The van der Waals surface area contributed by atoms with Crippen molar-refractivity contribution in [3.63, 3.8) is 0 Å². The first-order chi connectivity index (χ1) is 13.5. The van der Waals surface area contributed by atoms with Gasteiger partial charge in [0.05, 0.1) is 12.0 Å². The molecule has 1 aliphatic heterocycles. The van der Waals surface area contributed by atoms with Crippen molar-refractivity contribution in [2.24, 2.45) is 0 Å². The number of methoxy groups -OCH3 is 1. The normalized spacial score (nSPS) is 15.4. The lowest BCUT2D eigenvalue weighted by molar-refractivity contribution is -0.122. The van der Waals surface area contributed by atoms with Crippen LogP contribution in [-0.4, -0.2) is 29.7 Å². The van der Waals surface area contributed by atoms with Crippen molar-refractivity contribution >= 4 is 51.6 Å². The predicted octanol–water partition coefficient (Wildman–Crippen LogP) is 5.33. The van der Waals surface area contributed by atoms with Gasteiger partial charge in [-0.05, 0) is 82.2 Å². The van der Waals surface area contributed by atoms with Gasteiger partial charge in [-0.2, -0.15) is 0 Å². The van der Waals surface area contributed by atoms with E-state index in [2.05, 4.69) is 22.6 Å². The minimum absolute atomic E-state index is 0.220. The number of benzene rings is 2. The van der Waals surface area contributed by atoms with Crippen molar-refractivity contribution in [2.45, 2.75) is 20.0 Å². The average Bonchev–Trinajstić information content (AvgIpc) is 2.96. The van der Waals surface area contributed by atoms with Gasteiger partial charge in [0.2, 0.25) is 0 Å². The van der Waals surface area contributed by atoms with Gasteiger partial charge < -0.3 is 9.47 Å². The first kappa shape index (κ1) is 20.7. The van der Waals surface area contributed by atoms with Crippen molar-refractivity contribution in [1.82, 2.24) is 4.90 Å². The van der Waals surface area contributed by atoms with Gasteiger partial charge in [-0.3, -0.25) is 14.5 Å². The number of rotatable bonds is 7. The van der Waals surface area contributed by atoms with Crippen LogP contribution in [0.5, 0.6) is 11.5 Å². The fraction of sp³-hybridized carbons (Fsp3) is 0.238. The summed E-state index contributed by atoms with van der Waals surface area (Å²) in [5.41, 5.74) is 1.84. The van der Waals surface area contributed by atoms with Crippen molar-refractivity contribution in [1.29, 1.82) is 0 Å². The molecule has 0 spiro atoms. The molecule has 0 bridgehead atoms. The van der Waals surface area contributed by atoms with E-state index in [0.717, 1.165) is 29.3 Å². The number of hydrogen-bond donors (Lipinski definition) is 0. The number of amides is 2. The first-order valence-corrected chi connectivity index (χ1v) is 10.7. The van der Waals surface area contributed by atoms with Crippen LogP contribution >= 0.6 is 34.4 Å². The lowest BCUT2D eigenvalue weighted by Crippen LogP contribution is -2.28. The Labute approximate surface area is 182 Å². The second-order valence-electron chi connectivity index (χ2n) is 6.16. The minimum Gasteiger partial charge on any atom is -0.493 e. The van der Waals surface area contributed by atoms with Gasteiger partial charge in [-0.15, -0.1) is 0 Å². The maximum absolute atomic E-state index is 12.4. The molecule has 0 radical (unpaired) electrons. The fourth-order valence-corrected chi connectivity index (χ4v) is 3.93. The zero-order valence-electron chi connectivity index (χ0n) is 15.6. The number of ether oxygens (including phenoxy) is 2. The van der Waals surface area contributed by atoms with Crippen LogP contribution in [0.3, 0.4) is 0 Å². The zero-order chi connectivity index (χ0) is 20.1. The average molecular weight is 509 g/mol. The molecule has 1 heterocycles. The highest BCUT2D eigenvalue weighted by molar-refractivity contribution is 14.1. The second kappa shape index (κ2) is 9.47. The quantitative estimate of drug-likeness (QED) is 0.374. The SMILES string of the molecule is CCCN1C(=O)S/C(=C/c2ccc(OCc3ccc(I)cc3)c(OC)c2)C1=O. The summed E-state index contributed by atoms with van der Waals surface area (Å²) in [5.74, 6) is 0.958. The third-order valence-corrected chi connectivity index (χ3v) is 5.74. The molecule has 146 valence electrons. The molecule has 3 rings (SSSR count). The molecule has 0 unspecified atom stereocenters. The van der Waals surface area contributed by atoms with Crippen molar-refractivity contribution in [3.05, 3.63) is 62.1 Å². The van der Waals surface area contributed by atoms with Gasteiger partial charge in [-0.25, -0.2) is 0 Å². The van der Waals surface area contributed by atoms with Crippen molar-refractivity contribution in [2.75, 3.05) is 13.7 Å². The molecule has 0 N–H and O–H groups in total. The van der Waals surface area contributed by atoms with E-state index in [4.69, 9.17) is 9.47 Å². The molecule has 1 aliphatic rings. The second-order valence-corrected chi connectivity index (χ2v) is 8.40. The first-order valence-electron chi connectivity index (χ1n) is 8.82. The third-order valence-electron chi connectivity index (χ3n) is 4.11.